The number of nitrogens with one attached hydrogen (secondary N) is 2. The van der Waals surface area contributed by atoms with Gasteiger partial charge in [0.1, 0.15) is 17.7 Å². The molecule has 174 valence electrons. The fourth-order valence-electron chi connectivity index (χ4n) is 3.91. The highest BCUT2D eigenvalue weighted by atomic mass is 19.2. The normalized spacial score (nSPS) is 15.2. The molecule has 0 spiro atoms. The van der Waals surface area contributed by atoms with Crippen LogP contribution in [0.1, 0.15) is 42.9 Å². The highest BCUT2D eigenvalue weighted by Gasteiger charge is 2.30. The van der Waals surface area contributed by atoms with Gasteiger partial charge in [-0.15, -0.1) is 0 Å². The van der Waals surface area contributed by atoms with Gasteiger partial charge in [0.15, 0.2) is 17.3 Å². The number of rotatable bonds is 6. The van der Waals surface area contributed by atoms with E-state index in [0.29, 0.717) is 37.7 Å². The molecule has 0 radical (unpaired) electrons. The minimum atomic E-state index is -1.30. The van der Waals surface area contributed by atoms with Gasteiger partial charge in [0, 0.05) is 26.2 Å². The predicted molar refractivity (Wildman–Crippen MR) is 113 cm³/mol. The van der Waals surface area contributed by atoms with Gasteiger partial charge in [-0.2, -0.15) is 0 Å². The maximum absolute atomic E-state index is 14.6. The molecule has 0 aliphatic carbocycles. The molecule has 2 amide bonds. The first-order valence-corrected chi connectivity index (χ1v) is 10.6. The Morgan fingerprint density at radius 3 is 2.47 bits per heavy atom. The Morgan fingerprint density at radius 2 is 1.81 bits per heavy atom. The Balaban J connectivity index is 2.07. The van der Waals surface area contributed by atoms with Gasteiger partial charge in [-0.1, -0.05) is 13.8 Å². The van der Waals surface area contributed by atoms with E-state index < -0.39 is 29.4 Å². The zero-order valence-corrected chi connectivity index (χ0v) is 18.6. The molecule has 0 bridgehead atoms. The third-order valence-corrected chi connectivity index (χ3v) is 5.46. The molecule has 1 aliphatic rings. The van der Waals surface area contributed by atoms with Crippen LogP contribution in [-0.2, 0) is 17.9 Å². The number of nitrogens with zero attached hydrogens (tertiary/aromatic N) is 3. The van der Waals surface area contributed by atoms with Gasteiger partial charge >= 0.3 is 0 Å². The molecule has 7 nitrogen and oxygen atoms in total. The molecular formula is C22H28F3N5O2. The number of carbonyl (C=O) groups is 2. The third kappa shape index (κ3) is 4.95. The van der Waals surface area contributed by atoms with Gasteiger partial charge in [-0.3, -0.25) is 9.59 Å². The number of imidazole rings is 1. The average molecular weight is 451 g/mol. The molecule has 1 aliphatic heterocycles. The Morgan fingerprint density at radius 1 is 1.12 bits per heavy atom. The maximum atomic E-state index is 14.6. The number of aromatic nitrogens is 2. The molecule has 32 heavy (non-hydrogen) atoms. The lowest BCUT2D eigenvalue weighted by molar-refractivity contribution is -0.122. The van der Waals surface area contributed by atoms with Gasteiger partial charge in [0.25, 0.3) is 5.91 Å². The maximum Gasteiger partial charge on any atom is 0.272 e. The van der Waals surface area contributed by atoms with E-state index in [1.807, 2.05) is 25.8 Å². The van der Waals surface area contributed by atoms with Gasteiger partial charge in [0.05, 0.1) is 11.3 Å². The highest BCUT2D eigenvalue weighted by molar-refractivity contribution is 5.97. The Kier molecular flexibility index (Phi) is 7.22. The molecule has 2 aromatic rings. The SMILES string of the molecule is CNC(=O)[C@H](CC(C)C)NC(=O)c1nc(-c2cc(F)c(F)cc2F)n2c1CN(C)CCC2. The quantitative estimate of drug-likeness (QED) is 0.662. The van der Waals surface area contributed by atoms with Crippen LogP contribution in [0.4, 0.5) is 13.2 Å². The van der Waals surface area contributed by atoms with E-state index in [9.17, 15) is 22.8 Å². The van der Waals surface area contributed by atoms with E-state index in [0.717, 1.165) is 12.6 Å². The zero-order chi connectivity index (χ0) is 23.6. The molecule has 1 aromatic carbocycles. The van der Waals surface area contributed by atoms with Gasteiger partial charge in [-0.05, 0) is 38.4 Å². The standard InChI is InChI=1S/C22H28F3N5O2/c1-12(2)8-17(21(31)26-3)27-22(32)19-18-11-29(4)6-5-7-30(18)20(28-19)13-9-15(24)16(25)10-14(13)23/h9-10,12,17H,5-8,11H2,1-4H3,(H,26,31)(H,27,32)/t17-/m0/s1. The summed E-state index contributed by atoms with van der Waals surface area (Å²) < 4.78 is 43.6. The first kappa shape index (κ1) is 23.8. The Bertz CT molecular complexity index is 1020. The van der Waals surface area contributed by atoms with Crippen LogP contribution >= 0.6 is 0 Å². The number of halogens is 3. The monoisotopic (exact) mass is 451 g/mol. The van der Waals surface area contributed by atoms with Crippen molar-refractivity contribution in [2.45, 2.75) is 45.8 Å². The van der Waals surface area contributed by atoms with Crippen LogP contribution in [0.5, 0.6) is 0 Å². The number of likely N-dealkylation sites (N-methyl/N-ethyl adjacent to an activating group) is 1. The van der Waals surface area contributed by atoms with E-state index >= 15 is 0 Å². The lowest BCUT2D eigenvalue weighted by Crippen LogP contribution is -2.46. The van der Waals surface area contributed by atoms with E-state index in [1.54, 1.807) is 4.57 Å². The molecule has 0 fully saturated rings. The van der Waals surface area contributed by atoms with E-state index in [2.05, 4.69) is 15.6 Å². The van der Waals surface area contributed by atoms with E-state index in [4.69, 9.17) is 0 Å². The average Bonchev–Trinajstić information content (AvgIpc) is 2.95. The Hall–Kier alpha value is -2.88. The van der Waals surface area contributed by atoms with Crippen LogP contribution in [0, 0.1) is 23.4 Å². The van der Waals surface area contributed by atoms with Crippen LogP contribution < -0.4 is 10.6 Å². The number of carbonyl (C=O) groups excluding carboxylic acids is 2. The van der Waals surface area contributed by atoms with E-state index in [-0.39, 0.29) is 28.9 Å². The predicted octanol–water partition coefficient (Wildman–Crippen LogP) is 2.69. The molecule has 0 saturated carbocycles. The molecule has 2 heterocycles. The smallest absolute Gasteiger partial charge is 0.272 e. The van der Waals surface area contributed by atoms with Crippen molar-refractivity contribution >= 4 is 11.8 Å². The van der Waals surface area contributed by atoms with Crippen LogP contribution in [-0.4, -0.2) is 52.9 Å². The van der Waals surface area contributed by atoms with Crippen molar-refractivity contribution in [2.24, 2.45) is 5.92 Å². The van der Waals surface area contributed by atoms with Crippen molar-refractivity contribution in [2.75, 3.05) is 20.6 Å². The summed E-state index contributed by atoms with van der Waals surface area (Å²) in [5, 5.41) is 5.27. The molecule has 2 N–H and O–H groups in total. The zero-order valence-electron chi connectivity index (χ0n) is 18.6. The summed E-state index contributed by atoms with van der Waals surface area (Å²) in [7, 11) is 3.37. The first-order valence-electron chi connectivity index (χ1n) is 10.6. The third-order valence-electron chi connectivity index (χ3n) is 5.46. The van der Waals surface area contributed by atoms with Crippen LogP contribution in [0.15, 0.2) is 12.1 Å². The fraction of sp³-hybridized carbons (Fsp3) is 0.500. The van der Waals surface area contributed by atoms with Crippen molar-refractivity contribution in [1.82, 2.24) is 25.1 Å². The summed E-state index contributed by atoms with van der Waals surface area (Å²) in [5.74, 6) is -4.18. The minimum Gasteiger partial charge on any atom is -0.357 e. The van der Waals surface area contributed by atoms with Crippen LogP contribution in [0.2, 0.25) is 0 Å². The number of benzene rings is 1. The first-order chi connectivity index (χ1) is 15.1. The molecular weight excluding hydrogens is 423 g/mol. The Labute approximate surface area is 185 Å². The van der Waals surface area contributed by atoms with Crippen molar-refractivity contribution < 1.29 is 22.8 Å². The van der Waals surface area contributed by atoms with Crippen LogP contribution in [0.3, 0.4) is 0 Å². The lowest BCUT2D eigenvalue weighted by Gasteiger charge is -2.19. The topological polar surface area (TPSA) is 79.3 Å². The molecule has 10 heteroatoms. The minimum absolute atomic E-state index is 0.0375. The second-order valence-corrected chi connectivity index (χ2v) is 8.49. The molecule has 3 rings (SSSR count). The largest absolute Gasteiger partial charge is 0.357 e. The summed E-state index contributed by atoms with van der Waals surface area (Å²) >= 11 is 0. The summed E-state index contributed by atoms with van der Waals surface area (Å²) in [5.41, 5.74) is 0.344. The lowest BCUT2D eigenvalue weighted by atomic mass is 10.0. The van der Waals surface area contributed by atoms with Gasteiger partial charge in [0.2, 0.25) is 5.91 Å². The second-order valence-electron chi connectivity index (χ2n) is 8.49. The van der Waals surface area contributed by atoms with Crippen LogP contribution in [0.25, 0.3) is 11.4 Å². The molecule has 1 aromatic heterocycles. The number of fused-ring (bicyclic) bond motifs is 1. The number of hydrogen-bond acceptors (Lipinski definition) is 4. The second kappa shape index (κ2) is 9.72. The molecule has 1 atom stereocenters. The van der Waals surface area contributed by atoms with E-state index in [1.165, 1.54) is 7.05 Å². The summed E-state index contributed by atoms with van der Waals surface area (Å²) in [6.07, 6.45) is 1.12. The van der Waals surface area contributed by atoms with Crippen molar-refractivity contribution in [3.8, 4) is 11.4 Å². The summed E-state index contributed by atoms with van der Waals surface area (Å²) in [6, 6.07) is 0.457. The summed E-state index contributed by atoms with van der Waals surface area (Å²) in [4.78, 5) is 31.8. The molecule has 0 unspecified atom stereocenters. The number of hydrogen-bond donors (Lipinski definition) is 2. The molecule has 0 saturated heterocycles. The van der Waals surface area contributed by atoms with Gasteiger partial charge < -0.3 is 20.1 Å². The van der Waals surface area contributed by atoms with Crippen molar-refractivity contribution in [1.29, 1.82) is 0 Å². The van der Waals surface area contributed by atoms with Crippen molar-refractivity contribution in [3.63, 3.8) is 0 Å². The number of amides is 2. The van der Waals surface area contributed by atoms with Crippen molar-refractivity contribution in [3.05, 3.63) is 41.0 Å². The fourth-order valence-corrected chi connectivity index (χ4v) is 3.91. The summed E-state index contributed by atoms with van der Waals surface area (Å²) in [6.45, 7) is 5.39. The van der Waals surface area contributed by atoms with Gasteiger partial charge in [-0.25, -0.2) is 18.2 Å². The highest BCUT2D eigenvalue weighted by Crippen LogP contribution is 2.29.